The molecule has 0 radical (unpaired) electrons. The first-order chi connectivity index (χ1) is 8.49. The van der Waals surface area contributed by atoms with Crippen LogP contribution in [0.25, 0.3) is 0 Å². The number of carbonyl (C=O) groups is 2. The quantitative estimate of drug-likeness (QED) is 0.724. The van der Waals surface area contributed by atoms with E-state index >= 15 is 0 Å². The Hall–Kier alpha value is -1.27. The van der Waals surface area contributed by atoms with Crippen molar-refractivity contribution in [2.75, 3.05) is 11.9 Å². The van der Waals surface area contributed by atoms with Crippen LogP contribution in [0.1, 0.15) is 12.8 Å². The van der Waals surface area contributed by atoms with Crippen LogP contribution < -0.4 is 10.6 Å². The summed E-state index contributed by atoms with van der Waals surface area (Å²) in [6.45, 7) is 0.298. The van der Waals surface area contributed by atoms with Gasteiger partial charge in [0.25, 0.3) is 0 Å². The van der Waals surface area contributed by atoms with E-state index in [1.807, 2.05) is 0 Å². The average Bonchev–Trinajstić information content (AvgIpc) is 2.28. The molecule has 0 atom stereocenters. The summed E-state index contributed by atoms with van der Waals surface area (Å²) in [5, 5.41) is 14.0. The molecule has 0 saturated carbocycles. The van der Waals surface area contributed by atoms with Crippen LogP contribution in [0.15, 0.2) is 22.7 Å². The number of benzene rings is 1. The van der Waals surface area contributed by atoms with Gasteiger partial charge in [-0.25, -0.2) is 4.79 Å². The number of halogens is 2. The highest BCUT2D eigenvalue weighted by Gasteiger charge is 2.05. The van der Waals surface area contributed by atoms with Gasteiger partial charge in [0.15, 0.2) is 0 Å². The van der Waals surface area contributed by atoms with Gasteiger partial charge in [0, 0.05) is 17.4 Å². The normalized spacial score (nSPS) is 9.89. The molecule has 0 aliphatic rings. The largest absolute Gasteiger partial charge is 0.481 e. The molecule has 3 N–H and O–H groups in total. The summed E-state index contributed by atoms with van der Waals surface area (Å²) in [5.41, 5.74) is 0.496. The maximum atomic E-state index is 11.5. The van der Waals surface area contributed by atoms with E-state index in [9.17, 15) is 9.59 Å². The number of rotatable bonds is 5. The summed E-state index contributed by atoms with van der Waals surface area (Å²) < 4.78 is 0.819. The minimum Gasteiger partial charge on any atom is -0.481 e. The SMILES string of the molecule is O=C(O)CCCNC(=O)Nc1ccc(Br)cc1Cl. The fourth-order valence-corrected chi connectivity index (χ4v) is 1.92. The predicted molar refractivity (Wildman–Crippen MR) is 73.0 cm³/mol. The second-order valence-electron chi connectivity index (χ2n) is 3.50. The number of anilines is 1. The van der Waals surface area contributed by atoms with Crippen LogP contribution in [0.3, 0.4) is 0 Å². The molecule has 1 rings (SSSR count). The lowest BCUT2D eigenvalue weighted by Crippen LogP contribution is -2.29. The zero-order valence-electron chi connectivity index (χ0n) is 9.37. The van der Waals surface area contributed by atoms with Gasteiger partial charge in [0.05, 0.1) is 10.7 Å². The van der Waals surface area contributed by atoms with Gasteiger partial charge in [-0.1, -0.05) is 27.5 Å². The molecule has 1 aromatic rings. The standard InChI is InChI=1S/C11H12BrClN2O3/c12-7-3-4-9(8(13)6-7)15-11(18)14-5-1-2-10(16)17/h3-4,6H,1-2,5H2,(H,16,17)(H2,14,15,18). The number of carbonyl (C=O) groups excluding carboxylic acids is 1. The van der Waals surface area contributed by atoms with Gasteiger partial charge in [-0.05, 0) is 24.6 Å². The van der Waals surface area contributed by atoms with Gasteiger partial charge >= 0.3 is 12.0 Å². The third kappa shape index (κ3) is 5.37. The van der Waals surface area contributed by atoms with E-state index in [0.717, 1.165) is 4.47 Å². The molecule has 0 bridgehead atoms. The highest BCUT2D eigenvalue weighted by Crippen LogP contribution is 2.25. The van der Waals surface area contributed by atoms with E-state index in [1.54, 1.807) is 18.2 Å². The summed E-state index contributed by atoms with van der Waals surface area (Å²) >= 11 is 9.19. The zero-order valence-corrected chi connectivity index (χ0v) is 11.7. The highest BCUT2D eigenvalue weighted by atomic mass is 79.9. The van der Waals surface area contributed by atoms with Crippen LogP contribution in [0.4, 0.5) is 10.5 Å². The molecule has 0 unspecified atom stereocenters. The predicted octanol–water partition coefficient (Wildman–Crippen LogP) is 3.09. The minimum atomic E-state index is -0.881. The first kappa shape index (κ1) is 14.8. The van der Waals surface area contributed by atoms with E-state index in [-0.39, 0.29) is 6.42 Å². The summed E-state index contributed by atoms with van der Waals surface area (Å²) in [6, 6.07) is 4.68. The number of amides is 2. The van der Waals surface area contributed by atoms with Crippen molar-refractivity contribution in [3.63, 3.8) is 0 Å². The molecule has 0 fully saturated rings. The van der Waals surface area contributed by atoms with Crippen LogP contribution in [-0.4, -0.2) is 23.7 Å². The molecule has 5 nitrogen and oxygen atoms in total. The summed E-state index contributed by atoms with van der Waals surface area (Å²) in [7, 11) is 0. The Balaban J connectivity index is 2.38. The van der Waals surface area contributed by atoms with Crippen LogP contribution in [0, 0.1) is 0 Å². The molecule has 0 spiro atoms. The molecule has 0 aliphatic carbocycles. The molecule has 18 heavy (non-hydrogen) atoms. The van der Waals surface area contributed by atoms with Crippen molar-refractivity contribution in [2.24, 2.45) is 0 Å². The van der Waals surface area contributed by atoms with Crippen molar-refractivity contribution < 1.29 is 14.7 Å². The zero-order chi connectivity index (χ0) is 13.5. The van der Waals surface area contributed by atoms with Crippen molar-refractivity contribution in [2.45, 2.75) is 12.8 Å². The third-order valence-electron chi connectivity index (χ3n) is 2.03. The first-order valence-electron chi connectivity index (χ1n) is 5.20. The first-order valence-corrected chi connectivity index (χ1v) is 6.38. The van der Waals surface area contributed by atoms with Crippen molar-refractivity contribution in [3.8, 4) is 0 Å². The Morgan fingerprint density at radius 2 is 2.11 bits per heavy atom. The van der Waals surface area contributed by atoms with Gasteiger partial charge in [-0.15, -0.1) is 0 Å². The van der Waals surface area contributed by atoms with Crippen LogP contribution in [-0.2, 0) is 4.79 Å². The van der Waals surface area contributed by atoms with Crippen LogP contribution in [0.5, 0.6) is 0 Å². The lowest BCUT2D eigenvalue weighted by Gasteiger charge is -2.08. The van der Waals surface area contributed by atoms with E-state index in [2.05, 4.69) is 26.6 Å². The number of hydrogen-bond acceptors (Lipinski definition) is 2. The molecule has 0 saturated heterocycles. The number of nitrogens with one attached hydrogen (secondary N) is 2. The topological polar surface area (TPSA) is 78.4 Å². The van der Waals surface area contributed by atoms with Gasteiger partial charge in [-0.2, -0.15) is 0 Å². The lowest BCUT2D eigenvalue weighted by molar-refractivity contribution is -0.137. The molecule has 0 aromatic heterocycles. The van der Waals surface area contributed by atoms with Crippen molar-refractivity contribution in [1.82, 2.24) is 5.32 Å². The second-order valence-corrected chi connectivity index (χ2v) is 4.83. The summed E-state index contributed by atoms with van der Waals surface area (Å²) in [6.07, 6.45) is 0.413. The Morgan fingerprint density at radius 1 is 1.39 bits per heavy atom. The van der Waals surface area contributed by atoms with Crippen molar-refractivity contribution >= 4 is 45.2 Å². The molecular formula is C11H12BrClN2O3. The Morgan fingerprint density at radius 3 is 2.72 bits per heavy atom. The summed E-state index contributed by atoms with van der Waals surface area (Å²) in [4.78, 5) is 21.7. The Kier molecular flexibility index (Phi) is 5.94. The second kappa shape index (κ2) is 7.23. The average molecular weight is 336 g/mol. The number of urea groups is 1. The van der Waals surface area contributed by atoms with Crippen molar-refractivity contribution in [1.29, 1.82) is 0 Å². The van der Waals surface area contributed by atoms with Crippen molar-refractivity contribution in [3.05, 3.63) is 27.7 Å². The molecular weight excluding hydrogens is 323 g/mol. The van der Waals surface area contributed by atoms with Crippen LogP contribution >= 0.6 is 27.5 Å². The maximum absolute atomic E-state index is 11.5. The summed E-state index contributed by atoms with van der Waals surface area (Å²) in [5.74, 6) is -0.881. The minimum absolute atomic E-state index is 0.0271. The number of carboxylic acids is 1. The van der Waals surface area contributed by atoms with Gasteiger partial charge < -0.3 is 15.7 Å². The molecule has 0 aliphatic heterocycles. The number of carboxylic acid groups (broad SMARTS) is 1. The van der Waals surface area contributed by atoms with Gasteiger partial charge in [0.1, 0.15) is 0 Å². The Bertz CT molecular complexity index is 454. The molecule has 98 valence electrons. The lowest BCUT2D eigenvalue weighted by atomic mass is 10.3. The van der Waals surface area contributed by atoms with E-state index in [1.165, 1.54) is 0 Å². The smallest absolute Gasteiger partial charge is 0.319 e. The van der Waals surface area contributed by atoms with Crippen LogP contribution in [0.2, 0.25) is 5.02 Å². The fraction of sp³-hybridized carbons (Fsp3) is 0.273. The van der Waals surface area contributed by atoms with E-state index in [4.69, 9.17) is 16.7 Å². The van der Waals surface area contributed by atoms with Gasteiger partial charge in [0.2, 0.25) is 0 Å². The highest BCUT2D eigenvalue weighted by molar-refractivity contribution is 9.10. The molecule has 7 heteroatoms. The van der Waals surface area contributed by atoms with Gasteiger partial charge in [-0.3, -0.25) is 4.79 Å². The van der Waals surface area contributed by atoms with E-state index in [0.29, 0.717) is 23.7 Å². The van der Waals surface area contributed by atoms with E-state index < -0.39 is 12.0 Å². The molecule has 0 heterocycles. The number of aliphatic carboxylic acids is 1. The third-order valence-corrected chi connectivity index (χ3v) is 2.84. The maximum Gasteiger partial charge on any atom is 0.319 e. The number of hydrogen-bond donors (Lipinski definition) is 3. The molecule has 2 amide bonds. The molecule has 1 aromatic carbocycles. The Labute approximate surface area is 118 Å². The fourth-order valence-electron chi connectivity index (χ4n) is 1.20. The monoisotopic (exact) mass is 334 g/mol.